The Balaban J connectivity index is 2.37. The van der Waals surface area contributed by atoms with E-state index in [4.69, 9.17) is 55.9 Å². The molecule has 0 bridgehead atoms. The van der Waals surface area contributed by atoms with Crippen molar-refractivity contribution in [3.63, 3.8) is 0 Å². The molecule has 0 fully saturated rings. The van der Waals surface area contributed by atoms with E-state index in [1.54, 1.807) is 0 Å². The number of carbonyl (C=O) groups is 2. The topological polar surface area (TPSA) is 52.6 Å². The lowest BCUT2D eigenvalue weighted by atomic mass is 10.2. The van der Waals surface area contributed by atoms with Gasteiger partial charge < -0.3 is 9.47 Å². The van der Waals surface area contributed by atoms with Gasteiger partial charge in [-0.15, -0.1) is 0 Å². The summed E-state index contributed by atoms with van der Waals surface area (Å²) in [6.07, 6.45) is 5.07. The Bertz CT molecular complexity index is 579. The highest BCUT2D eigenvalue weighted by Crippen LogP contribution is 2.42. The first-order valence-corrected chi connectivity index (χ1v) is 9.57. The lowest BCUT2D eigenvalue weighted by molar-refractivity contribution is -0.147. The van der Waals surface area contributed by atoms with E-state index in [0.717, 1.165) is 25.7 Å². The molecular weight excluding hydrogens is 410 g/mol. The van der Waals surface area contributed by atoms with Crippen molar-refractivity contribution in [1.82, 2.24) is 0 Å². The molecule has 0 atom stereocenters. The average Bonchev–Trinajstić information content (AvgIpc) is 2.58. The minimum Gasteiger partial charge on any atom is -0.466 e. The van der Waals surface area contributed by atoms with Gasteiger partial charge in [0.1, 0.15) is 10.0 Å². The zero-order valence-electron chi connectivity index (χ0n) is 13.9. The van der Waals surface area contributed by atoms with Crippen LogP contribution < -0.4 is 4.74 Å². The molecule has 0 unspecified atom stereocenters. The third-order valence-electron chi connectivity index (χ3n) is 3.33. The number of carbonyl (C=O) groups excluding carboxylic acids is 2. The van der Waals surface area contributed by atoms with Crippen LogP contribution >= 0.6 is 46.4 Å². The van der Waals surface area contributed by atoms with Crippen LogP contribution in [-0.2, 0) is 14.3 Å². The fraction of sp³-hybridized carbons (Fsp3) is 0.529. The lowest BCUT2D eigenvalue weighted by Crippen LogP contribution is -2.13. The van der Waals surface area contributed by atoms with Gasteiger partial charge in [-0.05, 0) is 12.5 Å². The Kier molecular flexibility index (Phi) is 10.6. The molecule has 0 amide bonds. The van der Waals surface area contributed by atoms with Crippen LogP contribution in [0.2, 0.25) is 20.1 Å². The Morgan fingerprint density at radius 1 is 0.880 bits per heavy atom. The summed E-state index contributed by atoms with van der Waals surface area (Å²) in [4.78, 5) is 23.5. The van der Waals surface area contributed by atoms with Crippen LogP contribution in [-0.4, -0.2) is 18.5 Å². The number of hydrogen-bond donors (Lipinski definition) is 0. The number of halogens is 4. The predicted octanol–water partition coefficient (Wildman–Crippen LogP) is 6.50. The van der Waals surface area contributed by atoms with Crippen molar-refractivity contribution < 1.29 is 19.1 Å². The number of hydrogen-bond acceptors (Lipinski definition) is 4. The van der Waals surface area contributed by atoms with Crippen molar-refractivity contribution in [1.29, 1.82) is 0 Å². The predicted molar refractivity (Wildman–Crippen MR) is 101 cm³/mol. The van der Waals surface area contributed by atoms with Gasteiger partial charge in [-0.1, -0.05) is 79.0 Å². The summed E-state index contributed by atoms with van der Waals surface area (Å²) in [5.41, 5.74) is 0. The molecule has 0 aromatic heterocycles. The molecule has 0 aliphatic heterocycles. The summed E-state index contributed by atoms with van der Waals surface area (Å²) in [7, 11) is 0. The van der Waals surface area contributed by atoms with Gasteiger partial charge in [0.15, 0.2) is 5.75 Å². The third kappa shape index (κ3) is 8.04. The van der Waals surface area contributed by atoms with Crippen LogP contribution in [0.15, 0.2) is 6.07 Å². The van der Waals surface area contributed by atoms with E-state index in [9.17, 15) is 9.59 Å². The summed E-state index contributed by atoms with van der Waals surface area (Å²) in [5, 5.41) is 0.195. The molecule has 0 radical (unpaired) electrons. The molecule has 1 rings (SSSR count). The lowest BCUT2D eigenvalue weighted by Gasteiger charge is -2.10. The third-order valence-corrected chi connectivity index (χ3v) is 4.87. The maximum Gasteiger partial charge on any atom is 0.311 e. The van der Waals surface area contributed by atoms with E-state index in [1.807, 2.05) is 0 Å². The quantitative estimate of drug-likeness (QED) is 0.184. The molecule has 8 heteroatoms. The van der Waals surface area contributed by atoms with Crippen molar-refractivity contribution in [2.75, 3.05) is 6.61 Å². The largest absolute Gasteiger partial charge is 0.466 e. The second-order valence-corrected chi connectivity index (χ2v) is 6.98. The van der Waals surface area contributed by atoms with E-state index in [2.05, 4.69) is 6.92 Å². The molecule has 0 heterocycles. The molecule has 140 valence electrons. The Hall–Kier alpha value is -0.680. The molecule has 0 saturated heterocycles. The van der Waals surface area contributed by atoms with E-state index in [-0.39, 0.29) is 38.7 Å². The molecule has 0 N–H and O–H groups in total. The standard InChI is InChI=1S/C17H20Cl4O4/c1-2-3-4-5-6-9-24-13(22)7-8-14(23)25-17-15(20)11(18)10-12(19)16(17)21/h10H,2-9H2,1H3. The first kappa shape index (κ1) is 22.4. The second kappa shape index (κ2) is 11.8. The second-order valence-electron chi connectivity index (χ2n) is 5.41. The Morgan fingerprint density at radius 2 is 1.44 bits per heavy atom. The number of benzene rings is 1. The number of unbranched alkanes of at least 4 members (excludes halogenated alkanes) is 4. The van der Waals surface area contributed by atoms with Crippen molar-refractivity contribution in [3.8, 4) is 5.75 Å². The van der Waals surface area contributed by atoms with Crippen molar-refractivity contribution in [2.45, 2.75) is 51.9 Å². The minimum atomic E-state index is -0.679. The smallest absolute Gasteiger partial charge is 0.311 e. The first-order valence-electron chi connectivity index (χ1n) is 8.06. The molecule has 0 spiro atoms. The molecule has 0 aliphatic carbocycles. The van der Waals surface area contributed by atoms with E-state index in [0.29, 0.717) is 6.61 Å². The van der Waals surface area contributed by atoms with Crippen molar-refractivity contribution in [3.05, 3.63) is 26.2 Å². The van der Waals surface area contributed by atoms with Gasteiger partial charge in [-0.2, -0.15) is 0 Å². The fourth-order valence-corrected chi connectivity index (χ4v) is 2.84. The first-order chi connectivity index (χ1) is 11.9. The summed E-state index contributed by atoms with van der Waals surface area (Å²) < 4.78 is 10.1. The summed E-state index contributed by atoms with van der Waals surface area (Å²) in [6, 6.07) is 1.35. The van der Waals surface area contributed by atoms with Crippen molar-refractivity contribution >= 4 is 58.3 Å². The minimum absolute atomic E-state index is 0.0147. The molecule has 4 nitrogen and oxygen atoms in total. The van der Waals surface area contributed by atoms with Crippen LogP contribution in [0.25, 0.3) is 0 Å². The van der Waals surface area contributed by atoms with E-state index >= 15 is 0 Å². The van der Waals surface area contributed by atoms with Crippen LogP contribution in [0.1, 0.15) is 51.9 Å². The highest BCUT2D eigenvalue weighted by atomic mass is 35.5. The van der Waals surface area contributed by atoms with Gasteiger partial charge >= 0.3 is 11.9 Å². The average molecular weight is 430 g/mol. The van der Waals surface area contributed by atoms with E-state index in [1.165, 1.54) is 12.5 Å². The van der Waals surface area contributed by atoms with Crippen molar-refractivity contribution in [2.24, 2.45) is 0 Å². The summed E-state index contributed by atoms with van der Waals surface area (Å²) in [6.45, 7) is 2.50. The maximum absolute atomic E-state index is 11.9. The molecule has 1 aromatic carbocycles. The van der Waals surface area contributed by atoms with Crippen LogP contribution in [0.4, 0.5) is 0 Å². The van der Waals surface area contributed by atoms with Gasteiger partial charge in [0, 0.05) is 0 Å². The highest BCUT2D eigenvalue weighted by molar-refractivity contribution is 6.48. The molecule has 1 aromatic rings. The van der Waals surface area contributed by atoms with Gasteiger partial charge in [0.05, 0.1) is 29.5 Å². The Labute approximate surface area is 167 Å². The zero-order valence-corrected chi connectivity index (χ0v) is 16.9. The van der Waals surface area contributed by atoms with Gasteiger partial charge in [-0.3, -0.25) is 9.59 Å². The number of ether oxygens (including phenoxy) is 2. The summed E-state index contributed by atoms with van der Waals surface area (Å²) in [5.74, 6) is -1.24. The molecule has 0 saturated carbocycles. The number of esters is 2. The highest BCUT2D eigenvalue weighted by Gasteiger charge is 2.19. The normalized spacial score (nSPS) is 10.6. The Morgan fingerprint density at radius 3 is 2.04 bits per heavy atom. The number of rotatable bonds is 10. The molecule has 0 aliphatic rings. The summed E-state index contributed by atoms with van der Waals surface area (Å²) >= 11 is 23.6. The van der Waals surface area contributed by atoms with Crippen LogP contribution in [0.5, 0.6) is 5.75 Å². The SMILES string of the molecule is CCCCCCCOC(=O)CCC(=O)Oc1c(Cl)c(Cl)cc(Cl)c1Cl. The van der Waals surface area contributed by atoms with Crippen LogP contribution in [0.3, 0.4) is 0 Å². The fourth-order valence-electron chi connectivity index (χ4n) is 1.97. The van der Waals surface area contributed by atoms with Crippen LogP contribution in [0, 0.1) is 0 Å². The van der Waals surface area contributed by atoms with Gasteiger partial charge in [0.2, 0.25) is 0 Å². The van der Waals surface area contributed by atoms with E-state index < -0.39 is 11.9 Å². The zero-order chi connectivity index (χ0) is 18.8. The monoisotopic (exact) mass is 428 g/mol. The van der Waals surface area contributed by atoms with Gasteiger partial charge in [-0.25, -0.2) is 0 Å². The van der Waals surface area contributed by atoms with Gasteiger partial charge in [0.25, 0.3) is 0 Å². The molecule has 25 heavy (non-hydrogen) atoms. The maximum atomic E-state index is 11.9. The molecular formula is C17H20Cl4O4.